The van der Waals surface area contributed by atoms with Crippen LogP contribution < -0.4 is 5.32 Å². The van der Waals surface area contributed by atoms with E-state index < -0.39 is 18.5 Å². The van der Waals surface area contributed by atoms with Crippen molar-refractivity contribution in [2.24, 2.45) is 0 Å². The smallest absolute Gasteiger partial charge is 0.345 e. The number of thiophene rings is 1. The number of carboxylic acids is 1. The summed E-state index contributed by atoms with van der Waals surface area (Å²) in [5.74, 6) is -1.00. The Morgan fingerprint density at radius 2 is 2.24 bits per heavy atom. The van der Waals surface area contributed by atoms with Gasteiger partial charge in [-0.3, -0.25) is 0 Å². The Kier molecular flexibility index (Phi) is 4.98. The number of rotatable bonds is 6. The van der Waals surface area contributed by atoms with Gasteiger partial charge >= 0.3 is 5.97 Å². The highest BCUT2D eigenvalue weighted by Gasteiger charge is 2.16. The summed E-state index contributed by atoms with van der Waals surface area (Å²) in [6, 6.07) is 1.50. The Hall–Kier alpha value is -1.05. The van der Waals surface area contributed by atoms with Gasteiger partial charge in [-0.15, -0.1) is 11.3 Å². The van der Waals surface area contributed by atoms with Crippen molar-refractivity contribution in [1.82, 2.24) is 5.32 Å². The normalized spacial score (nSPS) is 13.0. The van der Waals surface area contributed by atoms with Crippen LogP contribution in [0.2, 0.25) is 0 Å². The minimum absolute atomic E-state index is 0.216. The Labute approximate surface area is 101 Å². The number of aliphatic hydroxyl groups excluding tert-OH is 1. The Balaban J connectivity index is 2.49. The van der Waals surface area contributed by atoms with Crippen LogP contribution in [0, 0.1) is 6.92 Å². The molecule has 1 atom stereocenters. The van der Waals surface area contributed by atoms with Crippen LogP contribution in [0.25, 0.3) is 0 Å². The van der Waals surface area contributed by atoms with E-state index in [1.807, 2.05) is 0 Å². The quantitative estimate of drug-likeness (QED) is 0.728. The van der Waals surface area contributed by atoms with Gasteiger partial charge in [0.1, 0.15) is 11.0 Å². The first-order valence-corrected chi connectivity index (χ1v) is 5.73. The molecular weight excluding hydrogens is 252 g/mol. The maximum absolute atomic E-state index is 12.0. The Morgan fingerprint density at radius 1 is 1.59 bits per heavy atom. The highest BCUT2D eigenvalue weighted by atomic mass is 32.1. The first kappa shape index (κ1) is 14.0. The zero-order valence-corrected chi connectivity index (χ0v) is 9.93. The standard InChI is InChI=1S/C10H13F2NO3S/c1-5-6(2-8(17-5)10(15)16)3-13-4-7(14)9(11)12/h2,7,9,13-14H,3-4H2,1H3,(H,15,16). The van der Waals surface area contributed by atoms with Crippen molar-refractivity contribution in [1.29, 1.82) is 0 Å². The minimum Gasteiger partial charge on any atom is -0.477 e. The summed E-state index contributed by atoms with van der Waals surface area (Å²) in [4.78, 5) is 11.7. The Bertz CT molecular complexity index is 395. The van der Waals surface area contributed by atoms with Gasteiger partial charge in [-0.25, -0.2) is 13.6 Å². The fraction of sp³-hybridized carbons (Fsp3) is 0.500. The molecule has 0 radical (unpaired) electrons. The molecule has 0 saturated carbocycles. The minimum atomic E-state index is -2.78. The lowest BCUT2D eigenvalue weighted by molar-refractivity contribution is -0.00340. The topological polar surface area (TPSA) is 69.6 Å². The summed E-state index contributed by atoms with van der Waals surface area (Å²) in [6.07, 6.45) is -4.48. The molecule has 0 aliphatic carbocycles. The van der Waals surface area contributed by atoms with Gasteiger partial charge in [0.05, 0.1) is 0 Å². The first-order valence-electron chi connectivity index (χ1n) is 4.91. The molecule has 1 aromatic rings. The molecule has 0 aliphatic heterocycles. The van der Waals surface area contributed by atoms with E-state index in [2.05, 4.69) is 5.32 Å². The van der Waals surface area contributed by atoms with Gasteiger partial charge in [0, 0.05) is 18.0 Å². The molecule has 4 nitrogen and oxygen atoms in total. The van der Waals surface area contributed by atoms with Gasteiger partial charge in [0.2, 0.25) is 0 Å². The predicted octanol–water partition coefficient (Wildman–Crippen LogP) is 1.47. The van der Waals surface area contributed by atoms with E-state index in [0.717, 1.165) is 21.8 Å². The number of aromatic carboxylic acids is 1. The number of carbonyl (C=O) groups is 1. The van der Waals surface area contributed by atoms with Crippen LogP contribution in [-0.4, -0.2) is 35.3 Å². The van der Waals surface area contributed by atoms with Gasteiger partial charge in [0.15, 0.2) is 0 Å². The molecule has 1 aromatic heterocycles. The predicted molar refractivity (Wildman–Crippen MR) is 59.7 cm³/mol. The third-order valence-corrected chi connectivity index (χ3v) is 3.27. The van der Waals surface area contributed by atoms with E-state index in [4.69, 9.17) is 10.2 Å². The number of alkyl halides is 2. The van der Waals surface area contributed by atoms with Crippen molar-refractivity contribution in [3.63, 3.8) is 0 Å². The van der Waals surface area contributed by atoms with E-state index >= 15 is 0 Å². The number of aryl methyl sites for hydroxylation is 1. The fourth-order valence-corrected chi connectivity index (χ4v) is 2.13. The number of aliphatic hydroxyl groups is 1. The molecule has 7 heteroatoms. The summed E-state index contributed by atoms with van der Waals surface area (Å²) >= 11 is 1.14. The van der Waals surface area contributed by atoms with Crippen molar-refractivity contribution < 1.29 is 23.8 Å². The molecule has 0 bridgehead atoms. The largest absolute Gasteiger partial charge is 0.477 e. The number of nitrogens with one attached hydrogen (secondary N) is 1. The van der Waals surface area contributed by atoms with E-state index in [9.17, 15) is 13.6 Å². The summed E-state index contributed by atoms with van der Waals surface area (Å²) in [5.41, 5.74) is 0.744. The second-order valence-corrected chi connectivity index (χ2v) is 4.79. The van der Waals surface area contributed by atoms with Crippen molar-refractivity contribution >= 4 is 17.3 Å². The van der Waals surface area contributed by atoms with E-state index in [1.165, 1.54) is 6.07 Å². The monoisotopic (exact) mass is 265 g/mol. The van der Waals surface area contributed by atoms with Gasteiger partial charge in [-0.1, -0.05) is 0 Å². The third-order valence-electron chi connectivity index (χ3n) is 2.19. The second-order valence-electron chi connectivity index (χ2n) is 3.53. The van der Waals surface area contributed by atoms with Gasteiger partial charge in [0.25, 0.3) is 6.43 Å². The molecule has 1 unspecified atom stereocenters. The van der Waals surface area contributed by atoms with E-state index in [-0.39, 0.29) is 18.0 Å². The molecule has 0 fully saturated rings. The van der Waals surface area contributed by atoms with E-state index in [1.54, 1.807) is 6.92 Å². The molecule has 96 valence electrons. The lowest BCUT2D eigenvalue weighted by Crippen LogP contribution is -2.31. The number of halogens is 2. The molecule has 0 aliphatic rings. The number of hydrogen-bond donors (Lipinski definition) is 3. The first-order chi connectivity index (χ1) is 7.91. The highest BCUT2D eigenvalue weighted by molar-refractivity contribution is 7.14. The molecule has 1 rings (SSSR count). The maximum Gasteiger partial charge on any atom is 0.345 e. The fourth-order valence-electron chi connectivity index (χ4n) is 1.24. The molecule has 1 heterocycles. The summed E-state index contributed by atoms with van der Waals surface area (Å²) < 4.78 is 24.0. The lowest BCUT2D eigenvalue weighted by Gasteiger charge is -2.10. The average molecular weight is 265 g/mol. The van der Waals surface area contributed by atoms with Crippen molar-refractivity contribution in [2.45, 2.75) is 26.0 Å². The Morgan fingerprint density at radius 3 is 2.71 bits per heavy atom. The SMILES string of the molecule is Cc1sc(C(=O)O)cc1CNCC(O)C(F)F. The van der Waals surface area contributed by atoms with Crippen LogP contribution in [0.4, 0.5) is 8.78 Å². The molecule has 0 amide bonds. The number of carboxylic acid groups (broad SMARTS) is 1. The second kappa shape index (κ2) is 6.04. The zero-order chi connectivity index (χ0) is 13.0. The van der Waals surface area contributed by atoms with Crippen LogP contribution in [0.3, 0.4) is 0 Å². The van der Waals surface area contributed by atoms with Gasteiger partial charge < -0.3 is 15.5 Å². The van der Waals surface area contributed by atoms with Crippen LogP contribution in [0.15, 0.2) is 6.07 Å². The summed E-state index contributed by atoms with van der Waals surface area (Å²) in [7, 11) is 0. The molecule has 0 aromatic carbocycles. The maximum atomic E-state index is 12.0. The summed E-state index contributed by atoms with van der Waals surface area (Å²) in [6.45, 7) is 1.80. The number of hydrogen-bond acceptors (Lipinski definition) is 4. The zero-order valence-electron chi connectivity index (χ0n) is 9.11. The molecule has 0 saturated heterocycles. The molecule has 17 heavy (non-hydrogen) atoms. The summed E-state index contributed by atoms with van der Waals surface area (Å²) in [5, 5.41) is 20.3. The van der Waals surface area contributed by atoms with Gasteiger partial charge in [-0.2, -0.15) is 0 Å². The highest BCUT2D eigenvalue weighted by Crippen LogP contribution is 2.21. The van der Waals surface area contributed by atoms with Crippen LogP contribution in [0.1, 0.15) is 20.1 Å². The van der Waals surface area contributed by atoms with Crippen LogP contribution in [0.5, 0.6) is 0 Å². The molecule has 0 spiro atoms. The third kappa shape index (κ3) is 4.03. The van der Waals surface area contributed by atoms with Gasteiger partial charge in [-0.05, 0) is 18.6 Å². The van der Waals surface area contributed by atoms with Crippen LogP contribution in [-0.2, 0) is 6.54 Å². The average Bonchev–Trinajstić information content (AvgIpc) is 2.60. The van der Waals surface area contributed by atoms with Crippen LogP contribution >= 0.6 is 11.3 Å². The molecular formula is C10H13F2NO3S. The van der Waals surface area contributed by atoms with Crippen molar-refractivity contribution in [3.05, 3.63) is 21.4 Å². The molecule has 3 N–H and O–H groups in total. The lowest BCUT2D eigenvalue weighted by atomic mass is 10.2. The van der Waals surface area contributed by atoms with Crippen molar-refractivity contribution in [2.75, 3.05) is 6.54 Å². The van der Waals surface area contributed by atoms with Crippen molar-refractivity contribution in [3.8, 4) is 0 Å². The van der Waals surface area contributed by atoms with E-state index in [0.29, 0.717) is 0 Å².